The average molecular weight is 506 g/mol. The third-order valence-electron chi connectivity index (χ3n) is 6.06. The van der Waals surface area contributed by atoms with Crippen molar-refractivity contribution < 1.29 is 15.0 Å². The molecule has 1 saturated carbocycles. The third kappa shape index (κ3) is 5.52. The van der Waals surface area contributed by atoms with Crippen LogP contribution in [-0.2, 0) is 0 Å². The fraction of sp³-hybridized carbons (Fsp3) is 0.333. The molecule has 0 aromatic heterocycles. The van der Waals surface area contributed by atoms with Crippen molar-refractivity contribution in [2.45, 2.75) is 56.3 Å². The third-order valence-corrected chi connectivity index (χ3v) is 6.98. The number of carbonyl (C=O) groups excluding carboxylic acids is 1. The van der Waals surface area contributed by atoms with Gasteiger partial charge in [-0.3, -0.25) is 20.2 Å². The number of amides is 1. The highest BCUT2D eigenvalue weighted by atomic mass is 32.2. The van der Waals surface area contributed by atoms with E-state index >= 15 is 0 Å². The number of hydrogen-bond acceptors (Lipinski definition) is 8. The van der Waals surface area contributed by atoms with Gasteiger partial charge in [-0.1, -0.05) is 23.9 Å². The van der Waals surface area contributed by atoms with Crippen molar-refractivity contribution in [2.24, 2.45) is 4.99 Å². The molecule has 9 heteroatoms. The standard InChI is InChI=1S/C27H31N5O3S/c1-16-11-17(7-10-21(16)26(34)30-18-8-9-18)23-14-28-25-22(29-15-27(2,3)35)13-24(31-32(23)25)36-20-6-4-5-19(33)12-20/h4-7,10-14,18,25,28,31,33,35H,8-9,15H2,1-3H3,(H,30,34). The van der Waals surface area contributed by atoms with Gasteiger partial charge in [0, 0.05) is 28.3 Å². The Hall–Kier alpha value is -3.43. The molecule has 2 aromatic rings. The van der Waals surface area contributed by atoms with Crippen LogP contribution in [0.1, 0.15) is 48.2 Å². The van der Waals surface area contributed by atoms with E-state index in [0.29, 0.717) is 11.6 Å². The summed E-state index contributed by atoms with van der Waals surface area (Å²) in [6.07, 6.45) is 5.75. The lowest BCUT2D eigenvalue weighted by Gasteiger charge is -2.35. The van der Waals surface area contributed by atoms with Gasteiger partial charge in [0.05, 0.1) is 28.6 Å². The van der Waals surface area contributed by atoms with Gasteiger partial charge in [-0.25, -0.2) is 0 Å². The van der Waals surface area contributed by atoms with Crippen LogP contribution in [0.15, 0.2) is 69.7 Å². The largest absolute Gasteiger partial charge is 0.508 e. The average Bonchev–Trinajstić information content (AvgIpc) is 3.52. The van der Waals surface area contributed by atoms with Crippen LogP contribution in [0, 0.1) is 6.92 Å². The van der Waals surface area contributed by atoms with Crippen molar-refractivity contribution in [3.63, 3.8) is 0 Å². The summed E-state index contributed by atoms with van der Waals surface area (Å²) in [6, 6.07) is 13.3. The van der Waals surface area contributed by atoms with Crippen LogP contribution in [0.4, 0.5) is 0 Å². The second-order valence-corrected chi connectivity index (χ2v) is 11.1. The number of phenols is 1. The van der Waals surface area contributed by atoms with E-state index in [0.717, 1.165) is 45.3 Å². The van der Waals surface area contributed by atoms with Gasteiger partial charge >= 0.3 is 0 Å². The molecule has 2 aliphatic heterocycles. The first kappa shape index (κ1) is 24.3. The Morgan fingerprint density at radius 2 is 2.06 bits per heavy atom. The smallest absolute Gasteiger partial charge is 0.251 e. The number of hydrogen-bond donors (Lipinski definition) is 5. The number of rotatable bonds is 7. The summed E-state index contributed by atoms with van der Waals surface area (Å²) < 4.78 is 0. The Labute approximate surface area is 215 Å². The molecule has 188 valence electrons. The number of aromatic hydroxyl groups is 1. The minimum absolute atomic E-state index is 0.0252. The molecule has 8 nitrogen and oxygen atoms in total. The van der Waals surface area contributed by atoms with E-state index in [1.54, 1.807) is 32.0 Å². The van der Waals surface area contributed by atoms with Crippen molar-refractivity contribution in [1.82, 2.24) is 21.1 Å². The Morgan fingerprint density at radius 1 is 1.25 bits per heavy atom. The molecule has 2 heterocycles. The van der Waals surface area contributed by atoms with E-state index in [1.165, 1.54) is 11.8 Å². The molecule has 0 radical (unpaired) electrons. The van der Waals surface area contributed by atoms with Crippen molar-refractivity contribution in [3.05, 3.63) is 76.5 Å². The topological polar surface area (TPSA) is 109 Å². The molecule has 0 saturated heterocycles. The summed E-state index contributed by atoms with van der Waals surface area (Å²) in [6.45, 7) is 5.68. The van der Waals surface area contributed by atoms with Crippen LogP contribution >= 0.6 is 11.8 Å². The minimum atomic E-state index is -0.933. The minimum Gasteiger partial charge on any atom is -0.508 e. The van der Waals surface area contributed by atoms with E-state index < -0.39 is 5.60 Å². The molecule has 2 aromatic carbocycles. The zero-order chi connectivity index (χ0) is 25.4. The Kier molecular flexibility index (Phi) is 6.44. The highest BCUT2D eigenvalue weighted by Gasteiger charge is 2.35. The molecule has 1 amide bonds. The van der Waals surface area contributed by atoms with Crippen molar-refractivity contribution in [2.75, 3.05) is 6.54 Å². The summed E-state index contributed by atoms with van der Waals surface area (Å²) in [5.74, 6) is 0.178. The second-order valence-electron chi connectivity index (χ2n) is 10.0. The lowest BCUT2D eigenvalue weighted by atomic mass is 10.0. The molecule has 0 spiro atoms. The highest BCUT2D eigenvalue weighted by Crippen LogP contribution is 2.34. The van der Waals surface area contributed by atoms with Crippen LogP contribution in [0.25, 0.3) is 5.70 Å². The maximum absolute atomic E-state index is 12.6. The maximum Gasteiger partial charge on any atom is 0.251 e. The summed E-state index contributed by atoms with van der Waals surface area (Å²) >= 11 is 1.48. The molecule has 3 aliphatic rings. The van der Waals surface area contributed by atoms with E-state index in [-0.39, 0.29) is 24.4 Å². The van der Waals surface area contributed by atoms with Gasteiger partial charge in [0.2, 0.25) is 0 Å². The van der Waals surface area contributed by atoms with Crippen molar-refractivity contribution >= 4 is 29.1 Å². The van der Waals surface area contributed by atoms with Gasteiger partial charge in [0.25, 0.3) is 5.91 Å². The number of thioether (sulfide) groups is 1. The number of carbonyl (C=O) groups is 1. The van der Waals surface area contributed by atoms with E-state index in [4.69, 9.17) is 4.99 Å². The van der Waals surface area contributed by atoms with Gasteiger partial charge in [0.15, 0.2) is 6.17 Å². The van der Waals surface area contributed by atoms with Crippen molar-refractivity contribution in [3.8, 4) is 5.75 Å². The van der Waals surface area contributed by atoms with E-state index in [1.807, 2.05) is 48.5 Å². The summed E-state index contributed by atoms with van der Waals surface area (Å²) in [5, 5.41) is 29.4. The Balaban J connectivity index is 1.42. The number of aryl methyl sites for hydroxylation is 1. The van der Waals surface area contributed by atoms with Crippen molar-refractivity contribution in [1.29, 1.82) is 0 Å². The molecular weight excluding hydrogens is 474 g/mol. The molecule has 36 heavy (non-hydrogen) atoms. The molecule has 1 unspecified atom stereocenters. The number of fused-ring (bicyclic) bond motifs is 1. The molecule has 1 fully saturated rings. The van der Waals surface area contributed by atoms with Crippen LogP contribution in [-0.4, -0.2) is 51.2 Å². The SMILES string of the molecule is Cc1cc(C2=CNC3C(=NCC(C)(C)O)C=C(Sc4cccc(O)c4)NN23)ccc1C(=O)NC1CC1. The summed E-state index contributed by atoms with van der Waals surface area (Å²) in [5.41, 5.74) is 6.79. The molecule has 1 aliphatic carbocycles. The van der Waals surface area contributed by atoms with E-state index in [2.05, 4.69) is 16.1 Å². The zero-order valence-electron chi connectivity index (χ0n) is 20.6. The summed E-state index contributed by atoms with van der Waals surface area (Å²) in [4.78, 5) is 18.2. The number of benzene rings is 2. The number of aliphatic imine (C=N–C) groups is 1. The van der Waals surface area contributed by atoms with Crippen LogP contribution in [0.5, 0.6) is 5.75 Å². The zero-order valence-corrected chi connectivity index (χ0v) is 21.4. The molecule has 5 N–H and O–H groups in total. The van der Waals surface area contributed by atoms with Crippen LogP contribution < -0.4 is 16.1 Å². The Bertz CT molecular complexity index is 1280. The molecule has 0 bridgehead atoms. The Morgan fingerprint density at radius 3 is 2.75 bits per heavy atom. The van der Waals surface area contributed by atoms with Gasteiger partial charge in [0.1, 0.15) is 5.75 Å². The number of hydrazine groups is 1. The lowest BCUT2D eigenvalue weighted by Crippen LogP contribution is -2.52. The first-order chi connectivity index (χ1) is 17.2. The van der Waals surface area contributed by atoms with Gasteiger partial charge in [-0.05, 0) is 75.6 Å². The number of phenolic OH excluding ortho intramolecular Hbond substituents is 1. The normalized spacial score (nSPS) is 20.3. The van der Waals surface area contributed by atoms with Crippen LogP contribution in [0.3, 0.4) is 0 Å². The number of nitrogens with one attached hydrogen (secondary N) is 3. The lowest BCUT2D eigenvalue weighted by molar-refractivity contribution is 0.0901. The highest BCUT2D eigenvalue weighted by molar-refractivity contribution is 8.03. The predicted octanol–water partition coefficient (Wildman–Crippen LogP) is 3.49. The van der Waals surface area contributed by atoms with Gasteiger partial charge < -0.3 is 20.8 Å². The number of nitrogens with zero attached hydrogens (tertiary/aromatic N) is 2. The second kappa shape index (κ2) is 9.55. The van der Waals surface area contributed by atoms with Crippen LogP contribution in [0.2, 0.25) is 0 Å². The fourth-order valence-electron chi connectivity index (χ4n) is 4.08. The summed E-state index contributed by atoms with van der Waals surface area (Å²) in [7, 11) is 0. The quantitative estimate of drug-likeness (QED) is 0.392. The maximum atomic E-state index is 12.6. The fourth-order valence-corrected chi connectivity index (χ4v) is 4.99. The van der Waals surface area contributed by atoms with E-state index in [9.17, 15) is 15.0 Å². The monoisotopic (exact) mass is 505 g/mol. The first-order valence-electron chi connectivity index (χ1n) is 12.1. The predicted molar refractivity (Wildman–Crippen MR) is 142 cm³/mol. The van der Waals surface area contributed by atoms with Gasteiger partial charge in [-0.15, -0.1) is 0 Å². The number of aliphatic hydroxyl groups is 1. The molecular formula is C27H31N5O3S. The van der Waals surface area contributed by atoms with Gasteiger partial charge in [-0.2, -0.15) is 0 Å². The molecule has 1 atom stereocenters. The molecule has 5 rings (SSSR count). The first-order valence-corrected chi connectivity index (χ1v) is 12.9.